The standard InChI is InChI=1S/C15H12Cl2F2N2O2/c16-9-1-3-13(11(17)7-9)21-15(22)20-5-6-23-14-4-2-10(18)8-12(14)19/h1-4,7-8H,5-6H2,(H2,20,21,22). The second-order valence-corrected chi connectivity index (χ2v) is 5.27. The zero-order valence-electron chi connectivity index (χ0n) is 11.7. The molecule has 0 heterocycles. The molecule has 0 bridgehead atoms. The summed E-state index contributed by atoms with van der Waals surface area (Å²) in [5.41, 5.74) is 0.402. The van der Waals surface area contributed by atoms with Gasteiger partial charge in [-0.05, 0) is 30.3 Å². The van der Waals surface area contributed by atoms with E-state index in [4.69, 9.17) is 27.9 Å². The Kier molecular flexibility index (Phi) is 6.01. The molecule has 0 fully saturated rings. The monoisotopic (exact) mass is 360 g/mol. The summed E-state index contributed by atoms with van der Waals surface area (Å²) in [5, 5.41) is 5.80. The van der Waals surface area contributed by atoms with Gasteiger partial charge in [-0.3, -0.25) is 0 Å². The molecule has 23 heavy (non-hydrogen) atoms. The summed E-state index contributed by atoms with van der Waals surface area (Å²) in [7, 11) is 0. The maximum Gasteiger partial charge on any atom is 0.319 e. The first-order chi connectivity index (χ1) is 11.0. The fraction of sp³-hybridized carbons (Fsp3) is 0.133. The second kappa shape index (κ2) is 7.99. The lowest BCUT2D eigenvalue weighted by Crippen LogP contribution is -2.32. The molecule has 0 radical (unpaired) electrons. The zero-order chi connectivity index (χ0) is 16.8. The molecule has 0 aromatic heterocycles. The number of benzene rings is 2. The fourth-order valence-corrected chi connectivity index (χ4v) is 2.13. The number of carbonyl (C=O) groups is 1. The summed E-state index contributed by atoms with van der Waals surface area (Å²) in [6, 6.07) is 7.13. The smallest absolute Gasteiger partial charge is 0.319 e. The molecular weight excluding hydrogens is 349 g/mol. The van der Waals surface area contributed by atoms with Gasteiger partial charge in [-0.15, -0.1) is 0 Å². The number of amides is 2. The molecule has 4 nitrogen and oxygen atoms in total. The highest BCUT2D eigenvalue weighted by molar-refractivity contribution is 6.36. The summed E-state index contributed by atoms with van der Waals surface area (Å²) in [4.78, 5) is 11.7. The van der Waals surface area contributed by atoms with Crippen molar-refractivity contribution >= 4 is 34.9 Å². The molecule has 0 aliphatic carbocycles. The van der Waals surface area contributed by atoms with E-state index >= 15 is 0 Å². The van der Waals surface area contributed by atoms with Gasteiger partial charge in [-0.1, -0.05) is 23.2 Å². The molecule has 2 N–H and O–H groups in total. The van der Waals surface area contributed by atoms with Crippen LogP contribution in [-0.4, -0.2) is 19.2 Å². The van der Waals surface area contributed by atoms with E-state index < -0.39 is 17.7 Å². The minimum absolute atomic E-state index is 0.0182. The van der Waals surface area contributed by atoms with Crippen molar-refractivity contribution in [2.75, 3.05) is 18.5 Å². The summed E-state index contributed by atoms with van der Waals surface area (Å²) < 4.78 is 31.1. The Morgan fingerprint density at radius 1 is 1.13 bits per heavy atom. The van der Waals surface area contributed by atoms with Gasteiger partial charge >= 0.3 is 6.03 Å². The summed E-state index contributed by atoms with van der Waals surface area (Å²) in [6.07, 6.45) is 0. The SMILES string of the molecule is O=C(NCCOc1ccc(F)cc1F)Nc1ccc(Cl)cc1Cl. The van der Waals surface area contributed by atoms with Gasteiger partial charge in [0.25, 0.3) is 0 Å². The lowest BCUT2D eigenvalue weighted by molar-refractivity contribution is 0.246. The predicted molar refractivity (Wildman–Crippen MR) is 85.3 cm³/mol. The number of urea groups is 1. The van der Waals surface area contributed by atoms with Crippen LogP contribution in [-0.2, 0) is 0 Å². The molecule has 2 amide bonds. The van der Waals surface area contributed by atoms with Gasteiger partial charge in [0.15, 0.2) is 11.6 Å². The van der Waals surface area contributed by atoms with Crippen LogP contribution in [0, 0.1) is 11.6 Å². The number of hydrogen-bond acceptors (Lipinski definition) is 2. The average Bonchev–Trinajstić information content (AvgIpc) is 2.48. The van der Waals surface area contributed by atoms with Crippen LogP contribution in [0.1, 0.15) is 0 Å². The van der Waals surface area contributed by atoms with E-state index in [1.54, 1.807) is 12.1 Å². The van der Waals surface area contributed by atoms with Crippen molar-refractivity contribution in [2.45, 2.75) is 0 Å². The second-order valence-electron chi connectivity index (χ2n) is 4.43. The predicted octanol–water partition coefficient (Wildman–Crippen LogP) is 4.47. The third kappa shape index (κ3) is 5.26. The lowest BCUT2D eigenvalue weighted by atomic mass is 10.3. The Bertz CT molecular complexity index is 714. The highest BCUT2D eigenvalue weighted by atomic mass is 35.5. The van der Waals surface area contributed by atoms with Crippen molar-refractivity contribution in [3.8, 4) is 5.75 Å². The maximum atomic E-state index is 13.3. The van der Waals surface area contributed by atoms with E-state index in [0.29, 0.717) is 15.7 Å². The van der Waals surface area contributed by atoms with E-state index in [2.05, 4.69) is 10.6 Å². The van der Waals surface area contributed by atoms with E-state index in [1.165, 1.54) is 12.1 Å². The minimum atomic E-state index is -0.803. The van der Waals surface area contributed by atoms with E-state index in [0.717, 1.165) is 12.1 Å². The fourth-order valence-electron chi connectivity index (χ4n) is 1.68. The van der Waals surface area contributed by atoms with Crippen LogP contribution in [0.25, 0.3) is 0 Å². The number of anilines is 1. The molecule has 0 unspecified atom stereocenters. The van der Waals surface area contributed by atoms with Crippen LogP contribution >= 0.6 is 23.2 Å². The van der Waals surface area contributed by atoms with E-state index in [1.807, 2.05) is 0 Å². The number of halogens is 4. The van der Waals surface area contributed by atoms with Crippen LogP contribution in [0.15, 0.2) is 36.4 Å². The normalized spacial score (nSPS) is 10.3. The van der Waals surface area contributed by atoms with Crippen LogP contribution in [0.3, 0.4) is 0 Å². The molecular formula is C15H12Cl2F2N2O2. The third-order valence-corrected chi connectivity index (χ3v) is 3.27. The first-order valence-corrected chi connectivity index (χ1v) is 7.29. The molecule has 0 aliphatic rings. The van der Waals surface area contributed by atoms with Gasteiger partial charge in [-0.2, -0.15) is 0 Å². The number of hydrogen-bond donors (Lipinski definition) is 2. The van der Waals surface area contributed by atoms with E-state index in [9.17, 15) is 13.6 Å². The van der Waals surface area contributed by atoms with Gasteiger partial charge in [0, 0.05) is 11.1 Å². The van der Waals surface area contributed by atoms with Gasteiger partial charge in [0.1, 0.15) is 12.4 Å². The average molecular weight is 361 g/mol. The molecule has 0 saturated heterocycles. The summed E-state index contributed by atoms with van der Waals surface area (Å²) in [5.74, 6) is -1.58. The Hall–Kier alpha value is -2.05. The third-order valence-electron chi connectivity index (χ3n) is 2.72. The molecule has 0 atom stereocenters. The number of rotatable bonds is 5. The Morgan fingerprint density at radius 3 is 2.61 bits per heavy atom. The first kappa shape index (κ1) is 17.3. The molecule has 0 spiro atoms. The topological polar surface area (TPSA) is 50.4 Å². The van der Waals surface area contributed by atoms with Crippen molar-refractivity contribution in [1.29, 1.82) is 0 Å². The van der Waals surface area contributed by atoms with Crippen molar-refractivity contribution in [3.63, 3.8) is 0 Å². The van der Waals surface area contributed by atoms with Gasteiger partial charge in [-0.25, -0.2) is 13.6 Å². The Balaban J connectivity index is 1.76. The molecule has 2 aromatic rings. The zero-order valence-corrected chi connectivity index (χ0v) is 13.2. The largest absolute Gasteiger partial charge is 0.489 e. The summed E-state index contributed by atoms with van der Waals surface area (Å²) in [6.45, 7) is 0.137. The highest BCUT2D eigenvalue weighted by Crippen LogP contribution is 2.25. The van der Waals surface area contributed by atoms with Crippen molar-refractivity contribution in [3.05, 3.63) is 58.1 Å². The van der Waals surface area contributed by atoms with Crippen LogP contribution in [0.4, 0.5) is 19.3 Å². The molecule has 0 saturated carbocycles. The molecule has 122 valence electrons. The van der Waals surface area contributed by atoms with Crippen molar-refractivity contribution < 1.29 is 18.3 Å². The van der Waals surface area contributed by atoms with Gasteiger partial charge in [0.2, 0.25) is 0 Å². The van der Waals surface area contributed by atoms with Crippen LogP contribution in [0.2, 0.25) is 10.0 Å². The van der Waals surface area contributed by atoms with E-state index in [-0.39, 0.29) is 18.9 Å². The number of carbonyl (C=O) groups excluding carboxylic acids is 1. The molecule has 2 aromatic carbocycles. The quantitative estimate of drug-likeness (QED) is 0.772. The minimum Gasteiger partial charge on any atom is -0.489 e. The Morgan fingerprint density at radius 2 is 1.91 bits per heavy atom. The van der Waals surface area contributed by atoms with Gasteiger partial charge in [0.05, 0.1) is 17.3 Å². The van der Waals surface area contributed by atoms with Crippen molar-refractivity contribution in [1.82, 2.24) is 5.32 Å². The molecule has 2 rings (SSSR count). The van der Waals surface area contributed by atoms with Gasteiger partial charge < -0.3 is 15.4 Å². The molecule has 8 heteroatoms. The molecule has 0 aliphatic heterocycles. The number of ether oxygens (including phenoxy) is 1. The highest BCUT2D eigenvalue weighted by Gasteiger charge is 2.07. The summed E-state index contributed by atoms with van der Waals surface area (Å²) >= 11 is 11.7. The van der Waals surface area contributed by atoms with Crippen LogP contribution < -0.4 is 15.4 Å². The van der Waals surface area contributed by atoms with Crippen LogP contribution in [0.5, 0.6) is 5.75 Å². The van der Waals surface area contributed by atoms with Crippen molar-refractivity contribution in [2.24, 2.45) is 0 Å². The Labute approximate surface area is 141 Å². The maximum absolute atomic E-state index is 13.3. The first-order valence-electron chi connectivity index (χ1n) is 6.53. The number of nitrogens with one attached hydrogen (secondary N) is 2. The lowest BCUT2D eigenvalue weighted by Gasteiger charge is -2.10.